The van der Waals surface area contributed by atoms with Gasteiger partial charge in [-0.3, -0.25) is 14.4 Å². The van der Waals surface area contributed by atoms with E-state index < -0.39 is 23.8 Å². The van der Waals surface area contributed by atoms with Crippen LogP contribution in [0.2, 0.25) is 0 Å². The van der Waals surface area contributed by atoms with Crippen LogP contribution in [0.3, 0.4) is 0 Å². The second-order valence-corrected chi connectivity index (χ2v) is 11.1. The number of benzene rings is 1. The maximum atomic E-state index is 15.9. The molecule has 1 aromatic carbocycles. The molecule has 2 saturated carbocycles. The summed E-state index contributed by atoms with van der Waals surface area (Å²) < 4.78 is 17.3. The summed E-state index contributed by atoms with van der Waals surface area (Å²) >= 11 is 0. The van der Waals surface area contributed by atoms with E-state index in [9.17, 15) is 15.2 Å². The summed E-state index contributed by atoms with van der Waals surface area (Å²) in [6.45, 7) is 1.39. The molecule has 0 spiro atoms. The van der Waals surface area contributed by atoms with Gasteiger partial charge < -0.3 is 16.2 Å². The molecule has 1 aromatic heterocycles. The molecule has 8 nitrogen and oxygen atoms in total. The Bertz CT molecular complexity index is 1130. The number of aliphatic hydroxyl groups excluding tert-OH is 1. The van der Waals surface area contributed by atoms with E-state index >= 15 is 4.39 Å². The van der Waals surface area contributed by atoms with Crippen molar-refractivity contribution in [1.82, 2.24) is 14.7 Å². The molecule has 3 fully saturated rings. The van der Waals surface area contributed by atoms with Crippen LogP contribution in [0.15, 0.2) is 30.5 Å². The highest BCUT2D eigenvalue weighted by atomic mass is 19.1. The first-order valence-electron chi connectivity index (χ1n) is 13.6. The molecule has 2 heterocycles. The van der Waals surface area contributed by atoms with Crippen LogP contribution in [0.5, 0.6) is 0 Å². The van der Waals surface area contributed by atoms with E-state index in [1.807, 2.05) is 0 Å². The van der Waals surface area contributed by atoms with Gasteiger partial charge in [-0.25, -0.2) is 4.39 Å². The highest BCUT2D eigenvalue weighted by Crippen LogP contribution is 2.38. The SMILES string of the molecule is N#CCC1(n2cc(C(N)=O)c(NC(O)C3CC3)n2)CCN(Cc2ccc(C3CCCCC3)cc2)CC1F. The van der Waals surface area contributed by atoms with Crippen LogP contribution in [0.1, 0.15) is 85.2 Å². The molecular formula is C28H37FN6O2. The minimum Gasteiger partial charge on any atom is -0.373 e. The number of anilines is 1. The van der Waals surface area contributed by atoms with Crippen molar-refractivity contribution in [3.05, 3.63) is 47.2 Å². The average Bonchev–Trinajstić information content (AvgIpc) is 3.67. The first kappa shape index (κ1) is 25.7. The standard InChI is InChI=1S/C28H37FN6O2/c29-24-18-34(16-19-6-8-21(9-7-19)20-4-2-1-3-5-20)15-13-28(24,12-14-30)35-17-23(25(31)36)26(33-35)32-27(37)22-10-11-22/h6-9,17,20,22,24,27,37H,1-5,10-13,15-16,18H2,(H2,31,36)(H,32,33). The second kappa shape index (κ2) is 10.8. The van der Waals surface area contributed by atoms with E-state index in [4.69, 9.17) is 5.73 Å². The zero-order chi connectivity index (χ0) is 26.0. The summed E-state index contributed by atoms with van der Waals surface area (Å²) in [5, 5.41) is 27.2. The van der Waals surface area contributed by atoms with Crippen molar-refractivity contribution in [2.45, 2.75) is 88.2 Å². The topological polar surface area (TPSA) is 120 Å². The summed E-state index contributed by atoms with van der Waals surface area (Å²) in [7, 11) is 0. The van der Waals surface area contributed by atoms with Crippen LogP contribution in [-0.4, -0.2) is 51.2 Å². The van der Waals surface area contributed by atoms with E-state index in [0.717, 1.165) is 18.4 Å². The first-order chi connectivity index (χ1) is 17.9. The van der Waals surface area contributed by atoms with Crippen LogP contribution >= 0.6 is 0 Å². The van der Waals surface area contributed by atoms with Crippen molar-refractivity contribution in [2.75, 3.05) is 18.4 Å². The number of nitrogens with two attached hydrogens (primary N) is 1. The van der Waals surface area contributed by atoms with Crippen molar-refractivity contribution >= 4 is 11.7 Å². The molecule has 1 amide bonds. The Morgan fingerprint density at radius 3 is 2.59 bits per heavy atom. The van der Waals surface area contributed by atoms with Crippen molar-refractivity contribution in [3.8, 4) is 6.07 Å². The van der Waals surface area contributed by atoms with Gasteiger partial charge >= 0.3 is 0 Å². The Balaban J connectivity index is 1.29. The summed E-state index contributed by atoms with van der Waals surface area (Å²) in [5.74, 6) is 0.182. The quantitative estimate of drug-likeness (QED) is 0.440. The van der Waals surface area contributed by atoms with Gasteiger partial charge in [0.05, 0.1) is 12.5 Å². The molecule has 9 heteroatoms. The Morgan fingerprint density at radius 1 is 1.24 bits per heavy atom. The monoisotopic (exact) mass is 508 g/mol. The van der Waals surface area contributed by atoms with Crippen LogP contribution in [0.25, 0.3) is 0 Å². The van der Waals surface area contributed by atoms with Crippen LogP contribution in [0.4, 0.5) is 10.2 Å². The highest BCUT2D eigenvalue weighted by molar-refractivity contribution is 5.97. The second-order valence-electron chi connectivity index (χ2n) is 11.1. The van der Waals surface area contributed by atoms with Crippen LogP contribution in [-0.2, 0) is 12.1 Å². The Hall–Kier alpha value is -2.96. The lowest BCUT2D eigenvalue weighted by molar-refractivity contribution is 0.00688. The zero-order valence-corrected chi connectivity index (χ0v) is 21.3. The summed E-state index contributed by atoms with van der Waals surface area (Å²) in [4.78, 5) is 14.2. The molecule has 198 valence electrons. The molecule has 3 atom stereocenters. The number of rotatable bonds is 9. The van der Waals surface area contributed by atoms with E-state index in [2.05, 4.69) is 45.7 Å². The lowest BCUT2D eigenvalue weighted by Crippen LogP contribution is -2.54. The number of piperidine rings is 1. The summed E-state index contributed by atoms with van der Waals surface area (Å²) in [5.41, 5.74) is 7.00. The fourth-order valence-corrected chi connectivity index (χ4v) is 5.96. The van der Waals surface area contributed by atoms with Gasteiger partial charge in [-0.15, -0.1) is 0 Å². The van der Waals surface area contributed by atoms with Gasteiger partial charge in [-0.2, -0.15) is 10.4 Å². The minimum absolute atomic E-state index is 0.0808. The number of nitrogens with one attached hydrogen (secondary N) is 1. The molecule has 1 saturated heterocycles. The number of aromatic nitrogens is 2. The van der Waals surface area contributed by atoms with Gasteiger partial charge in [0.15, 0.2) is 5.82 Å². The third-order valence-corrected chi connectivity index (χ3v) is 8.50. The van der Waals surface area contributed by atoms with Gasteiger partial charge in [0.1, 0.15) is 23.5 Å². The smallest absolute Gasteiger partial charge is 0.254 e. The molecule has 2 aliphatic carbocycles. The number of nitrogens with zero attached hydrogens (tertiary/aromatic N) is 4. The van der Waals surface area contributed by atoms with Crippen molar-refractivity contribution in [2.24, 2.45) is 11.7 Å². The molecule has 0 radical (unpaired) electrons. The van der Waals surface area contributed by atoms with Crippen molar-refractivity contribution in [1.29, 1.82) is 5.26 Å². The molecule has 2 aromatic rings. The number of halogens is 1. The number of alkyl halides is 1. The minimum atomic E-state index is -1.37. The molecule has 4 N–H and O–H groups in total. The first-order valence-corrected chi connectivity index (χ1v) is 13.6. The number of hydrogen-bond donors (Lipinski definition) is 3. The predicted molar refractivity (Wildman–Crippen MR) is 138 cm³/mol. The fraction of sp³-hybridized carbons (Fsp3) is 0.607. The maximum absolute atomic E-state index is 15.9. The fourth-order valence-electron chi connectivity index (χ4n) is 5.96. The largest absolute Gasteiger partial charge is 0.373 e. The zero-order valence-electron chi connectivity index (χ0n) is 21.3. The number of carbonyl (C=O) groups is 1. The number of carbonyl (C=O) groups excluding carboxylic acids is 1. The Kier molecular flexibility index (Phi) is 7.50. The van der Waals surface area contributed by atoms with Gasteiger partial charge in [-0.05, 0) is 49.1 Å². The molecule has 5 rings (SSSR count). The summed E-state index contributed by atoms with van der Waals surface area (Å²) in [6, 6.07) is 10.9. The summed E-state index contributed by atoms with van der Waals surface area (Å²) in [6.07, 6.45) is 7.75. The van der Waals surface area contributed by atoms with Crippen molar-refractivity contribution in [3.63, 3.8) is 0 Å². The predicted octanol–water partition coefficient (Wildman–Crippen LogP) is 4.02. The lowest BCUT2D eigenvalue weighted by atomic mass is 9.82. The number of likely N-dealkylation sites (tertiary alicyclic amines) is 1. The van der Waals surface area contributed by atoms with Crippen molar-refractivity contribution < 1.29 is 14.3 Å². The Labute approximate surface area is 217 Å². The molecule has 3 aliphatic rings. The number of nitriles is 1. The lowest BCUT2D eigenvalue weighted by Gasteiger charge is -2.43. The van der Waals surface area contributed by atoms with E-state index in [-0.39, 0.29) is 30.3 Å². The highest BCUT2D eigenvalue weighted by Gasteiger charge is 2.47. The number of hydrogen-bond acceptors (Lipinski definition) is 6. The van der Waals surface area contributed by atoms with E-state index in [0.29, 0.717) is 25.4 Å². The third-order valence-electron chi connectivity index (χ3n) is 8.50. The van der Waals surface area contributed by atoms with Gasteiger partial charge in [-0.1, -0.05) is 43.5 Å². The normalized spacial score (nSPS) is 25.9. The number of aliphatic hydroxyl groups is 1. The molecule has 0 bridgehead atoms. The Morgan fingerprint density at radius 2 is 1.97 bits per heavy atom. The molecular weight excluding hydrogens is 471 g/mol. The number of amides is 1. The molecule has 1 aliphatic heterocycles. The molecule has 3 unspecified atom stereocenters. The van der Waals surface area contributed by atoms with E-state index in [1.54, 1.807) is 0 Å². The van der Waals surface area contributed by atoms with Crippen LogP contribution < -0.4 is 11.1 Å². The molecule has 37 heavy (non-hydrogen) atoms. The number of primary amides is 1. The maximum Gasteiger partial charge on any atom is 0.254 e. The van der Waals surface area contributed by atoms with E-state index in [1.165, 1.54) is 48.5 Å². The van der Waals surface area contributed by atoms with Gasteiger partial charge in [0.25, 0.3) is 5.91 Å². The third kappa shape index (κ3) is 5.51. The van der Waals surface area contributed by atoms with Crippen LogP contribution in [0, 0.1) is 17.2 Å². The average molecular weight is 509 g/mol. The van der Waals surface area contributed by atoms with Gasteiger partial charge in [0.2, 0.25) is 0 Å². The van der Waals surface area contributed by atoms with Gasteiger partial charge in [0, 0.05) is 31.7 Å².